The van der Waals surface area contributed by atoms with E-state index in [-0.39, 0.29) is 0 Å². The molecule has 1 heterocycles. The normalized spacial score (nSPS) is 25.2. The van der Waals surface area contributed by atoms with Crippen molar-refractivity contribution in [2.24, 2.45) is 0 Å². The van der Waals surface area contributed by atoms with Crippen molar-refractivity contribution < 1.29 is 4.74 Å². The molecule has 16 heavy (non-hydrogen) atoms. The first-order chi connectivity index (χ1) is 7.90. The summed E-state index contributed by atoms with van der Waals surface area (Å²) in [5.74, 6) is 0. The van der Waals surface area contributed by atoms with Gasteiger partial charge >= 0.3 is 0 Å². The van der Waals surface area contributed by atoms with Gasteiger partial charge in [0.2, 0.25) is 0 Å². The van der Waals surface area contributed by atoms with Gasteiger partial charge in [0.05, 0.1) is 6.10 Å². The first kappa shape index (κ1) is 11.7. The molecule has 0 aliphatic carbocycles. The van der Waals surface area contributed by atoms with E-state index >= 15 is 0 Å². The van der Waals surface area contributed by atoms with Crippen LogP contribution in [0.5, 0.6) is 0 Å². The van der Waals surface area contributed by atoms with E-state index in [1.54, 1.807) is 0 Å². The lowest BCUT2D eigenvalue weighted by molar-refractivity contribution is 0.0236. The molecule has 2 rings (SSSR count). The van der Waals surface area contributed by atoms with E-state index in [9.17, 15) is 0 Å². The summed E-state index contributed by atoms with van der Waals surface area (Å²) in [6, 6.07) is 10.6. The van der Waals surface area contributed by atoms with Gasteiger partial charge in [-0.3, -0.25) is 0 Å². The Hall–Kier alpha value is -0.730. The van der Waals surface area contributed by atoms with Crippen LogP contribution in [0.25, 0.3) is 0 Å². The maximum Gasteiger partial charge on any atom is 0.0731 e. The van der Waals surface area contributed by atoms with Crippen LogP contribution in [0.15, 0.2) is 47.9 Å². The molecule has 0 aromatic heterocycles. The third-order valence-corrected chi connectivity index (χ3v) is 4.20. The Balaban J connectivity index is 1.98. The minimum Gasteiger partial charge on any atom is -0.377 e. The molecule has 1 saturated heterocycles. The second-order valence-corrected chi connectivity index (χ2v) is 5.36. The van der Waals surface area contributed by atoms with Gasteiger partial charge in [-0.2, -0.15) is 0 Å². The van der Waals surface area contributed by atoms with Crippen molar-refractivity contribution in [1.82, 2.24) is 0 Å². The van der Waals surface area contributed by atoms with E-state index in [4.69, 9.17) is 4.74 Å². The molecule has 0 spiro atoms. The average molecular weight is 234 g/mol. The molecule has 0 N–H and O–H groups in total. The van der Waals surface area contributed by atoms with Gasteiger partial charge in [-0.25, -0.2) is 0 Å². The molecule has 1 aromatic carbocycles. The summed E-state index contributed by atoms with van der Waals surface area (Å²) in [4.78, 5) is 1.34. The van der Waals surface area contributed by atoms with Gasteiger partial charge in [-0.1, -0.05) is 24.3 Å². The number of hydrogen-bond donors (Lipinski definition) is 0. The molecular weight excluding hydrogens is 216 g/mol. The summed E-state index contributed by atoms with van der Waals surface area (Å²) in [6.07, 6.45) is 5.70. The van der Waals surface area contributed by atoms with Crippen LogP contribution in [0.2, 0.25) is 0 Å². The van der Waals surface area contributed by atoms with Crippen molar-refractivity contribution in [3.05, 3.63) is 43.0 Å². The molecule has 1 aromatic rings. The van der Waals surface area contributed by atoms with Crippen molar-refractivity contribution >= 4 is 11.8 Å². The Kier molecular flexibility index (Phi) is 4.49. The van der Waals surface area contributed by atoms with Crippen LogP contribution in [0.1, 0.15) is 19.3 Å². The maximum absolute atomic E-state index is 5.81. The Morgan fingerprint density at radius 1 is 1.38 bits per heavy atom. The first-order valence-corrected chi connectivity index (χ1v) is 6.72. The Morgan fingerprint density at radius 2 is 2.19 bits per heavy atom. The minimum atomic E-state index is 0.344. The lowest BCUT2D eigenvalue weighted by atomic mass is 10.1. The average Bonchev–Trinajstić information content (AvgIpc) is 2.33. The lowest BCUT2D eigenvalue weighted by Crippen LogP contribution is -2.31. The van der Waals surface area contributed by atoms with Gasteiger partial charge in [0.1, 0.15) is 0 Å². The van der Waals surface area contributed by atoms with Crippen LogP contribution in [0, 0.1) is 0 Å². The second-order valence-electron chi connectivity index (χ2n) is 4.05. The summed E-state index contributed by atoms with van der Waals surface area (Å²) < 4.78 is 5.81. The lowest BCUT2D eigenvalue weighted by Gasteiger charge is -2.30. The fourth-order valence-electron chi connectivity index (χ4n) is 2.01. The predicted molar refractivity (Wildman–Crippen MR) is 69.9 cm³/mol. The van der Waals surface area contributed by atoms with Crippen molar-refractivity contribution in [3.8, 4) is 0 Å². The number of ether oxygens (including phenoxy) is 1. The third-order valence-electron chi connectivity index (χ3n) is 2.81. The number of rotatable bonds is 4. The number of thioether (sulfide) groups is 1. The fourth-order valence-corrected chi connectivity index (χ4v) is 3.30. The monoisotopic (exact) mass is 234 g/mol. The molecule has 1 nitrogen and oxygen atoms in total. The molecular formula is C14H18OS. The molecule has 0 unspecified atom stereocenters. The minimum absolute atomic E-state index is 0.344. The summed E-state index contributed by atoms with van der Waals surface area (Å²) in [5.41, 5.74) is 0. The zero-order valence-corrected chi connectivity index (χ0v) is 10.3. The van der Waals surface area contributed by atoms with Crippen LogP contribution in [0.3, 0.4) is 0 Å². The van der Waals surface area contributed by atoms with E-state index < -0.39 is 0 Å². The van der Waals surface area contributed by atoms with E-state index in [2.05, 4.69) is 36.9 Å². The quantitative estimate of drug-likeness (QED) is 0.731. The SMILES string of the molecule is C=CC[C@@H]1OCCC[C@H]1Sc1ccccc1. The predicted octanol–water partition coefficient (Wildman–Crippen LogP) is 3.90. The highest BCUT2D eigenvalue weighted by Crippen LogP contribution is 2.33. The van der Waals surface area contributed by atoms with Gasteiger partial charge in [-0.15, -0.1) is 18.3 Å². The molecule has 2 heteroatoms. The Bertz CT molecular complexity index is 323. The van der Waals surface area contributed by atoms with E-state index in [1.165, 1.54) is 17.7 Å². The summed E-state index contributed by atoms with van der Waals surface area (Å²) in [6.45, 7) is 4.71. The molecule has 0 bridgehead atoms. The first-order valence-electron chi connectivity index (χ1n) is 5.84. The van der Waals surface area contributed by atoms with Crippen molar-refractivity contribution in [2.45, 2.75) is 35.5 Å². The smallest absolute Gasteiger partial charge is 0.0731 e. The van der Waals surface area contributed by atoms with Crippen molar-refractivity contribution in [1.29, 1.82) is 0 Å². The molecule has 0 radical (unpaired) electrons. The van der Waals surface area contributed by atoms with Gasteiger partial charge in [-0.05, 0) is 31.4 Å². The van der Waals surface area contributed by atoms with Crippen molar-refractivity contribution in [2.75, 3.05) is 6.61 Å². The van der Waals surface area contributed by atoms with E-state index in [1.807, 2.05) is 17.8 Å². The standard InChI is InChI=1S/C14H18OS/c1-2-7-13-14(10-6-11-15-13)16-12-8-4-3-5-9-12/h2-5,8-9,13-14H,1,6-7,10-11H2/t13-,14+/m0/s1. The van der Waals surface area contributed by atoms with Crippen LogP contribution in [-0.4, -0.2) is 18.0 Å². The highest BCUT2D eigenvalue weighted by Gasteiger charge is 2.25. The van der Waals surface area contributed by atoms with Gasteiger partial charge in [0, 0.05) is 16.8 Å². The van der Waals surface area contributed by atoms with E-state index in [0.29, 0.717) is 11.4 Å². The zero-order valence-electron chi connectivity index (χ0n) is 9.47. The molecule has 1 aliphatic heterocycles. The Morgan fingerprint density at radius 3 is 2.94 bits per heavy atom. The molecule has 0 amide bonds. The van der Waals surface area contributed by atoms with Gasteiger partial charge in [0.15, 0.2) is 0 Å². The Labute approximate surface area is 102 Å². The van der Waals surface area contributed by atoms with E-state index in [0.717, 1.165) is 13.0 Å². The van der Waals surface area contributed by atoms with Crippen LogP contribution >= 0.6 is 11.8 Å². The van der Waals surface area contributed by atoms with Gasteiger partial charge < -0.3 is 4.74 Å². The zero-order chi connectivity index (χ0) is 11.2. The fraction of sp³-hybridized carbons (Fsp3) is 0.429. The second kappa shape index (κ2) is 6.12. The topological polar surface area (TPSA) is 9.23 Å². The third kappa shape index (κ3) is 3.13. The molecule has 0 saturated carbocycles. The maximum atomic E-state index is 5.81. The summed E-state index contributed by atoms with van der Waals surface area (Å²) in [5, 5.41) is 0.578. The number of benzene rings is 1. The van der Waals surface area contributed by atoms with Crippen LogP contribution < -0.4 is 0 Å². The molecule has 86 valence electrons. The number of hydrogen-bond acceptors (Lipinski definition) is 2. The van der Waals surface area contributed by atoms with Crippen LogP contribution in [0.4, 0.5) is 0 Å². The molecule has 1 fully saturated rings. The summed E-state index contributed by atoms with van der Waals surface area (Å²) >= 11 is 1.94. The van der Waals surface area contributed by atoms with Crippen LogP contribution in [-0.2, 0) is 4.74 Å². The summed E-state index contributed by atoms with van der Waals surface area (Å²) in [7, 11) is 0. The highest BCUT2D eigenvalue weighted by atomic mass is 32.2. The molecule has 2 atom stereocenters. The van der Waals surface area contributed by atoms with Crippen molar-refractivity contribution in [3.63, 3.8) is 0 Å². The van der Waals surface area contributed by atoms with Gasteiger partial charge in [0.25, 0.3) is 0 Å². The highest BCUT2D eigenvalue weighted by molar-refractivity contribution is 8.00. The largest absolute Gasteiger partial charge is 0.377 e. The molecule has 1 aliphatic rings.